The highest BCUT2D eigenvalue weighted by Gasteiger charge is 2.41. The van der Waals surface area contributed by atoms with Gasteiger partial charge in [-0.25, -0.2) is 14.5 Å². The summed E-state index contributed by atoms with van der Waals surface area (Å²) in [5.74, 6) is 0.0265. The molecule has 1 unspecified atom stereocenters. The van der Waals surface area contributed by atoms with E-state index in [4.69, 9.17) is 26.8 Å². The molecule has 1 atom stereocenters. The second-order valence-corrected chi connectivity index (χ2v) is 8.38. The number of allylic oxidation sites excluding steroid dienone is 1. The number of esters is 1. The molecule has 0 saturated heterocycles. The summed E-state index contributed by atoms with van der Waals surface area (Å²) in [6.07, 6.45) is 5.27. The van der Waals surface area contributed by atoms with Crippen molar-refractivity contribution in [1.29, 1.82) is 5.26 Å². The van der Waals surface area contributed by atoms with Gasteiger partial charge in [0.1, 0.15) is 11.6 Å². The maximum atomic E-state index is 12.2. The van der Waals surface area contributed by atoms with E-state index in [-0.39, 0.29) is 18.3 Å². The number of benzene rings is 1. The fourth-order valence-corrected chi connectivity index (χ4v) is 4.51. The molecule has 1 aliphatic carbocycles. The van der Waals surface area contributed by atoms with E-state index in [0.717, 1.165) is 24.1 Å². The standard InChI is InChI=1S/C23H21ClN6O3/c1-3-32-23(31)21-27-8-9-30(21)13-6-7-14(16(24)10-13)17-15(11-25)20(26)33-22-18(17)19(12-4-5-12)28-29(22)2/h6-10,12,17H,3-5,26H2,1-2H3. The molecule has 0 amide bonds. The molecule has 10 heteroatoms. The highest BCUT2D eigenvalue weighted by atomic mass is 35.5. The predicted octanol–water partition coefficient (Wildman–Crippen LogP) is 3.53. The Morgan fingerprint density at radius 1 is 1.42 bits per heavy atom. The molecule has 0 radical (unpaired) electrons. The van der Waals surface area contributed by atoms with Crippen molar-refractivity contribution in [3.8, 4) is 17.6 Å². The van der Waals surface area contributed by atoms with Gasteiger partial charge in [-0.05, 0) is 37.5 Å². The smallest absolute Gasteiger partial charge is 0.374 e. The Morgan fingerprint density at radius 3 is 2.88 bits per heavy atom. The zero-order valence-electron chi connectivity index (χ0n) is 18.1. The van der Waals surface area contributed by atoms with Crippen molar-refractivity contribution in [3.05, 3.63) is 69.7 Å². The predicted molar refractivity (Wildman–Crippen MR) is 119 cm³/mol. The number of carbonyl (C=O) groups excluding carboxylic acids is 1. The first kappa shape index (κ1) is 21.1. The lowest BCUT2D eigenvalue weighted by Crippen LogP contribution is -2.22. The summed E-state index contributed by atoms with van der Waals surface area (Å²) in [6.45, 7) is 1.98. The summed E-state index contributed by atoms with van der Waals surface area (Å²) in [7, 11) is 1.80. The maximum absolute atomic E-state index is 12.2. The molecule has 0 spiro atoms. The highest BCUT2D eigenvalue weighted by molar-refractivity contribution is 6.31. The molecule has 2 aliphatic rings. The van der Waals surface area contributed by atoms with Crippen LogP contribution in [0.2, 0.25) is 5.02 Å². The molecular formula is C23H21ClN6O3. The molecule has 5 rings (SSSR count). The van der Waals surface area contributed by atoms with Crippen molar-refractivity contribution in [1.82, 2.24) is 19.3 Å². The third-order valence-electron chi connectivity index (χ3n) is 5.86. The molecule has 3 heterocycles. The largest absolute Gasteiger partial charge is 0.460 e. The number of ether oxygens (including phenoxy) is 2. The van der Waals surface area contributed by atoms with Gasteiger partial charge in [-0.15, -0.1) is 0 Å². The molecule has 1 saturated carbocycles. The number of fused-ring (bicyclic) bond motifs is 1. The Labute approximate surface area is 195 Å². The Hall–Kier alpha value is -3.77. The molecule has 0 bridgehead atoms. The lowest BCUT2D eigenvalue weighted by atomic mass is 9.83. The topological polar surface area (TPSA) is 121 Å². The highest BCUT2D eigenvalue weighted by Crippen LogP contribution is 2.51. The van der Waals surface area contributed by atoms with E-state index in [0.29, 0.717) is 33.6 Å². The van der Waals surface area contributed by atoms with Crippen LogP contribution in [0.1, 0.15) is 59.0 Å². The second-order valence-electron chi connectivity index (χ2n) is 7.97. The number of hydrogen-bond acceptors (Lipinski definition) is 7. The first-order chi connectivity index (χ1) is 15.9. The molecule has 3 aromatic rings. The van der Waals surface area contributed by atoms with Crippen molar-refractivity contribution < 1.29 is 14.3 Å². The van der Waals surface area contributed by atoms with Crippen LogP contribution in [-0.2, 0) is 11.8 Å². The van der Waals surface area contributed by atoms with Crippen LogP contribution in [0, 0.1) is 11.3 Å². The minimum Gasteiger partial charge on any atom is -0.460 e. The van der Waals surface area contributed by atoms with E-state index in [1.807, 2.05) is 12.1 Å². The Bertz CT molecular complexity index is 1340. The third-order valence-corrected chi connectivity index (χ3v) is 6.19. The minimum atomic E-state index is -0.524. The maximum Gasteiger partial charge on any atom is 0.374 e. The Kier molecular flexibility index (Phi) is 5.10. The van der Waals surface area contributed by atoms with Gasteiger partial charge in [0.15, 0.2) is 0 Å². The number of imidazole rings is 1. The van der Waals surface area contributed by atoms with Crippen LogP contribution in [-0.4, -0.2) is 31.9 Å². The minimum absolute atomic E-state index is 0.0414. The van der Waals surface area contributed by atoms with E-state index in [9.17, 15) is 10.1 Å². The van der Waals surface area contributed by atoms with E-state index in [2.05, 4.69) is 16.2 Å². The van der Waals surface area contributed by atoms with Crippen molar-refractivity contribution in [3.63, 3.8) is 0 Å². The summed E-state index contributed by atoms with van der Waals surface area (Å²) < 4.78 is 14.2. The lowest BCUT2D eigenvalue weighted by Gasteiger charge is -2.25. The number of nitrogens with two attached hydrogens (primary N) is 1. The van der Waals surface area contributed by atoms with Gasteiger partial charge in [0.2, 0.25) is 17.6 Å². The van der Waals surface area contributed by atoms with Crippen molar-refractivity contribution in [2.75, 3.05) is 6.61 Å². The zero-order valence-corrected chi connectivity index (χ0v) is 18.8. The molecule has 168 valence electrons. The van der Waals surface area contributed by atoms with E-state index >= 15 is 0 Å². The van der Waals surface area contributed by atoms with Crippen LogP contribution in [0.4, 0.5) is 0 Å². The summed E-state index contributed by atoms with van der Waals surface area (Å²) in [4.78, 5) is 16.4. The van der Waals surface area contributed by atoms with Gasteiger partial charge in [-0.1, -0.05) is 17.7 Å². The number of aromatic nitrogens is 4. The number of hydrogen-bond donors (Lipinski definition) is 1. The van der Waals surface area contributed by atoms with Gasteiger partial charge < -0.3 is 15.2 Å². The number of nitriles is 1. The molecule has 1 fully saturated rings. The van der Waals surface area contributed by atoms with Crippen LogP contribution < -0.4 is 10.5 Å². The average Bonchev–Trinajstić information content (AvgIpc) is 3.42. The number of halogens is 1. The molecule has 33 heavy (non-hydrogen) atoms. The van der Waals surface area contributed by atoms with Crippen LogP contribution in [0.25, 0.3) is 5.69 Å². The summed E-state index contributed by atoms with van der Waals surface area (Å²) in [5, 5.41) is 15.0. The molecule has 9 nitrogen and oxygen atoms in total. The van der Waals surface area contributed by atoms with Crippen molar-refractivity contribution in [2.24, 2.45) is 12.8 Å². The monoisotopic (exact) mass is 464 g/mol. The van der Waals surface area contributed by atoms with Gasteiger partial charge in [0, 0.05) is 36.1 Å². The molecule has 1 aliphatic heterocycles. The average molecular weight is 465 g/mol. The zero-order chi connectivity index (χ0) is 23.3. The first-order valence-electron chi connectivity index (χ1n) is 10.6. The summed E-state index contributed by atoms with van der Waals surface area (Å²) in [6, 6.07) is 7.59. The fourth-order valence-electron chi connectivity index (χ4n) is 4.23. The van der Waals surface area contributed by atoms with Crippen molar-refractivity contribution >= 4 is 17.6 Å². The first-order valence-corrected chi connectivity index (χ1v) is 11.0. The number of carbonyl (C=O) groups is 1. The Morgan fingerprint density at radius 2 is 2.21 bits per heavy atom. The van der Waals surface area contributed by atoms with Crippen LogP contribution >= 0.6 is 11.6 Å². The van der Waals surface area contributed by atoms with E-state index in [1.54, 1.807) is 35.5 Å². The normalized spacial score (nSPS) is 17.3. The van der Waals surface area contributed by atoms with Gasteiger partial charge in [0.05, 0.1) is 23.8 Å². The van der Waals surface area contributed by atoms with Gasteiger partial charge in [-0.3, -0.25) is 4.57 Å². The third kappa shape index (κ3) is 3.43. The van der Waals surface area contributed by atoms with Crippen LogP contribution in [0.15, 0.2) is 42.0 Å². The summed E-state index contributed by atoms with van der Waals surface area (Å²) >= 11 is 6.77. The molecule has 2 aromatic heterocycles. The molecule has 1 aromatic carbocycles. The van der Waals surface area contributed by atoms with Crippen molar-refractivity contribution in [2.45, 2.75) is 31.6 Å². The SMILES string of the molecule is CCOC(=O)c1nccn1-c1ccc(C2C(C#N)=C(N)Oc3c2c(C2CC2)nn3C)c(Cl)c1. The van der Waals surface area contributed by atoms with E-state index in [1.165, 1.54) is 6.20 Å². The Balaban J connectivity index is 1.62. The quantitative estimate of drug-likeness (QED) is 0.573. The van der Waals surface area contributed by atoms with Gasteiger partial charge in [-0.2, -0.15) is 10.4 Å². The molecular weight excluding hydrogens is 444 g/mol. The lowest BCUT2D eigenvalue weighted by molar-refractivity contribution is 0.0510. The van der Waals surface area contributed by atoms with Crippen LogP contribution in [0.3, 0.4) is 0 Å². The second kappa shape index (κ2) is 7.98. The number of nitrogens with zero attached hydrogens (tertiary/aromatic N) is 5. The molecule has 2 N–H and O–H groups in total. The number of aryl methyl sites for hydroxylation is 1. The fraction of sp³-hybridized carbons (Fsp3) is 0.304. The van der Waals surface area contributed by atoms with Gasteiger partial charge in [0.25, 0.3) is 0 Å². The summed E-state index contributed by atoms with van der Waals surface area (Å²) in [5.41, 5.74) is 9.51. The van der Waals surface area contributed by atoms with Crippen LogP contribution in [0.5, 0.6) is 5.88 Å². The van der Waals surface area contributed by atoms with E-state index < -0.39 is 11.9 Å². The van der Waals surface area contributed by atoms with Gasteiger partial charge >= 0.3 is 5.97 Å². The number of rotatable bonds is 5.